The number of aliphatic carboxylic acids is 1. The van der Waals surface area contributed by atoms with Crippen molar-refractivity contribution in [1.29, 1.82) is 0 Å². The smallest absolute Gasteiger partial charge is 0.307 e. The van der Waals surface area contributed by atoms with Gasteiger partial charge in [-0.1, -0.05) is 48.0 Å². The third kappa shape index (κ3) is 4.99. The molecule has 3 aromatic carbocycles. The number of carbonyl (C=O) groups is 2. The van der Waals surface area contributed by atoms with E-state index in [2.05, 4.69) is 10.3 Å². The van der Waals surface area contributed by atoms with Crippen LogP contribution < -0.4 is 5.32 Å². The van der Waals surface area contributed by atoms with Crippen LogP contribution in [0.4, 0.5) is 5.69 Å². The van der Waals surface area contributed by atoms with Crippen LogP contribution in [0.25, 0.3) is 28.6 Å². The van der Waals surface area contributed by atoms with Gasteiger partial charge in [-0.05, 0) is 47.5 Å². The topological polar surface area (TPSA) is 92.4 Å². The van der Waals surface area contributed by atoms with Crippen molar-refractivity contribution in [3.05, 3.63) is 89.0 Å². The van der Waals surface area contributed by atoms with E-state index in [1.54, 1.807) is 42.5 Å². The molecule has 0 aliphatic rings. The summed E-state index contributed by atoms with van der Waals surface area (Å²) in [6.07, 6.45) is 3.08. The predicted octanol–water partition coefficient (Wildman–Crippen LogP) is 5.43. The van der Waals surface area contributed by atoms with Crippen LogP contribution in [-0.4, -0.2) is 22.0 Å². The lowest BCUT2D eigenvalue weighted by atomic mass is 10.1. The van der Waals surface area contributed by atoms with E-state index in [1.165, 1.54) is 6.08 Å². The van der Waals surface area contributed by atoms with E-state index in [0.717, 1.165) is 5.56 Å². The van der Waals surface area contributed by atoms with Crippen LogP contribution in [0.1, 0.15) is 11.1 Å². The lowest BCUT2D eigenvalue weighted by Gasteiger charge is -2.05. The maximum atomic E-state index is 12.2. The molecular formula is C24H17ClN2O4. The number of aromatic nitrogens is 1. The molecular weight excluding hydrogens is 416 g/mol. The van der Waals surface area contributed by atoms with Gasteiger partial charge >= 0.3 is 5.97 Å². The summed E-state index contributed by atoms with van der Waals surface area (Å²) in [6, 6.07) is 19.6. The van der Waals surface area contributed by atoms with Gasteiger partial charge < -0.3 is 14.8 Å². The van der Waals surface area contributed by atoms with Gasteiger partial charge in [0.25, 0.3) is 0 Å². The zero-order valence-electron chi connectivity index (χ0n) is 16.2. The number of rotatable bonds is 6. The number of hydrogen-bond acceptors (Lipinski definition) is 4. The first-order chi connectivity index (χ1) is 15.0. The van der Waals surface area contributed by atoms with E-state index in [-0.39, 0.29) is 12.3 Å². The number of oxazole rings is 1. The minimum absolute atomic E-state index is 0.0913. The second kappa shape index (κ2) is 8.85. The summed E-state index contributed by atoms with van der Waals surface area (Å²) >= 11 is 6.40. The predicted molar refractivity (Wildman–Crippen MR) is 120 cm³/mol. The molecule has 0 bridgehead atoms. The Kier molecular flexibility index (Phi) is 5.82. The van der Waals surface area contributed by atoms with Crippen molar-refractivity contribution in [2.45, 2.75) is 6.42 Å². The third-order valence-corrected chi connectivity index (χ3v) is 4.81. The van der Waals surface area contributed by atoms with E-state index in [0.29, 0.717) is 38.8 Å². The lowest BCUT2D eigenvalue weighted by Crippen LogP contribution is -2.07. The number of halogens is 1. The number of fused-ring (bicyclic) bond motifs is 1. The molecule has 0 spiro atoms. The zero-order chi connectivity index (χ0) is 21.8. The molecule has 1 heterocycles. The summed E-state index contributed by atoms with van der Waals surface area (Å²) in [5, 5.41) is 12.1. The van der Waals surface area contributed by atoms with Crippen molar-refractivity contribution in [3.63, 3.8) is 0 Å². The molecule has 6 nitrogen and oxygen atoms in total. The zero-order valence-corrected chi connectivity index (χ0v) is 17.0. The van der Waals surface area contributed by atoms with Crippen LogP contribution in [0.3, 0.4) is 0 Å². The largest absolute Gasteiger partial charge is 0.481 e. The fourth-order valence-electron chi connectivity index (χ4n) is 3.06. The van der Waals surface area contributed by atoms with Gasteiger partial charge in [0.15, 0.2) is 5.58 Å². The molecule has 0 saturated heterocycles. The number of amides is 1. The normalized spacial score (nSPS) is 11.1. The maximum absolute atomic E-state index is 12.2. The first-order valence-corrected chi connectivity index (χ1v) is 9.81. The standard InChI is InChI=1S/C24H17ClN2O4/c25-19-14-17(26-22(28)11-7-15-4-2-1-3-5-15)8-9-18(19)24-27-20-12-16(13-23(29)30)6-10-21(20)31-24/h1-12,14H,13H2,(H,26,28)(H,29,30)/b11-7+. The fourth-order valence-corrected chi connectivity index (χ4v) is 3.32. The Balaban J connectivity index is 1.51. The highest BCUT2D eigenvalue weighted by molar-refractivity contribution is 6.33. The van der Waals surface area contributed by atoms with Crippen LogP contribution in [-0.2, 0) is 16.0 Å². The molecule has 4 rings (SSSR count). The number of carbonyl (C=O) groups excluding carboxylic acids is 1. The first-order valence-electron chi connectivity index (χ1n) is 9.43. The van der Waals surface area contributed by atoms with E-state index >= 15 is 0 Å². The van der Waals surface area contributed by atoms with Gasteiger partial charge in [-0.25, -0.2) is 4.98 Å². The van der Waals surface area contributed by atoms with E-state index in [1.807, 2.05) is 30.3 Å². The van der Waals surface area contributed by atoms with Crippen molar-refractivity contribution in [2.24, 2.45) is 0 Å². The van der Waals surface area contributed by atoms with Gasteiger partial charge in [0.2, 0.25) is 11.8 Å². The number of hydrogen-bond donors (Lipinski definition) is 2. The molecule has 0 fully saturated rings. The van der Waals surface area contributed by atoms with E-state index in [4.69, 9.17) is 21.1 Å². The van der Waals surface area contributed by atoms with Gasteiger partial charge in [0, 0.05) is 11.8 Å². The summed E-state index contributed by atoms with van der Waals surface area (Å²) < 4.78 is 5.76. The number of nitrogens with one attached hydrogen (secondary N) is 1. The summed E-state index contributed by atoms with van der Waals surface area (Å²) in [4.78, 5) is 27.5. The Bertz CT molecular complexity index is 1300. The Labute approximate surface area is 182 Å². The maximum Gasteiger partial charge on any atom is 0.307 e. The molecule has 0 saturated carbocycles. The van der Waals surface area contributed by atoms with Crippen LogP contribution in [0.15, 0.2) is 77.2 Å². The average Bonchev–Trinajstić information content (AvgIpc) is 3.15. The number of carboxylic acid groups (broad SMARTS) is 1. The lowest BCUT2D eigenvalue weighted by molar-refractivity contribution is -0.136. The molecule has 31 heavy (non-hydrogen) atoms. The van der Waals surface area contributed by atoms with E-state index < -0.39 is 5.97 Å². The molecule has 154 valence electrons. The van der Waals surface area contributed by atoms with Gasteiger partial charge in [-0.15, -0.1) is 0 Å². The number of benzene rings is 3. The highest BCUT2D eigenvalue weighted by Crippen LogP contribution is 2.32. The average molecular weight is 433 g/mol. The fraction of sp³-hybridized carbons (Fsp3) is 0.0417. The Morgan fingerprint density at radius 2 is 1.87 bits per heavy atom. The molecule has 0 unspecified atom stereocenters. The van der Waals surface area contributed by atoms with Crippen LogP contribution >= 0.6 is 11.6 Å². The number of anilines is 1. The SMILES string of the molecule is O=C(O)Cc1ccc2oc(-c3ccc(NC(=O)/C=C/c4ccccc4)cc3Cl)nc2c1. The third-order valence-electron chi connectivity index (χ3n) is 4.50. The van der Waals surface area contributed by atoms with Crippen molar-refractivity contribution in [2.75, 3.05) is 5.32 Å². The minimum Gasteiger partial charge on any atom is -0.481 e. The van der Waals surface area contributed by atoms with Gasteiger partial charge in [0.1, 0.15) is 5.52 Å². The summed E-state index contributed by atoms with van der Waals surface area (Å²) in [7, 11) is 0. The van der Waals surface area contributed by atoms with Gasteiger partial charge in [-0.3, -0.25) is 9.59 Å². The Morgan fingerprint density at radius 3 is 2.61 bits per heavy atom. The highest BCUT2D eigenvalue weighted by atomic mass is 35.5. The summed E-state index contributed by atoms with van der Waals surface area (Å²) in [5.41, 5.74) is 3.74. The van der Waals surface area contributed by atoms with Crippen molar-refractivity contribution in [1.82, 2.24) is 4.98 Å². The monoisotopic (exact) mass is 432 g/mol. The molecule has 4 aromatic rings. The molecule has 0 radical (unpaired) electrons. The van der Waals surface area contributed by atoms with E-state index in [9.17, 15) is 9.59 Å². The highest BCUT2D eigenvalue weighted by Gasteiger charge is 2.14. The first kappa shape index (κ1) is 20.4. The van der Waals surface area contributed by atoms with Crippen LogP contribution in [0.5, 0.6) is 0 Å². The number of carboxylic acids is 1. The van der Waals surface area contributed by atoms with Gasteiger partial charge in [0.05, 0.1) is 17.0 Å². The molecule has 1 aromatic heterocycles. The second-order valence-corrected chi connectivity index (χ2v) is 7.23. The minimum atomic E-state index is -0.914. The molecule has 1 amide bonds. The number of nitrogens with zero attached hydrogens (tertiary/aromatic N) is 1. The van der Waals surface area contributed by atoms with Gasteiger partial charge in [-0.2, -0.15) is 0 Å². The molecule has 0 atom stereocenters. The quantitative estimate of drug-likeness (QED) is 0.396. The second-order valence-electron chi connectivity index (χ2n) is 6.82. The molecule has 2 N–H and O–H groups in total. The Hall–Kier alpha value is -3.90. The van der Waals surface area contributed by atoms with Crippen molar-refractivity contribution in [3.8, 4) is 11.5 Å². The summed E-state index contributed by atoms with van der Waals surface area (Å²) in [6.45, 7) is 0. The van der Waals surface area contributed by atoms with Crippen molar-refractivity contribution >= 4 is 46.3 Å². The molecule has 7 heteroatoms. The molecule has 0 aliphatic carbocycles. The summed E-state index contributed by atoms with van der Waals surface area (Å²) in [5.74, 6) is -0.878. The van der Waals surface area contributed by atoms with Crippen molar-refractivity contribution < 1.29 is 19.1 Å². The molecule has 0 aliphatic heterocycles. The van der Waals surface area contributed by atoms with Crippen LogP contribution in [0, 0.1) is 0 Å². The van der Waals surface area contributed by atoms with Crippen LogP contribution in [0.2, 0.25) is 5.02 Å². The Morgan fingerprint density at radius 1 is 1.06 bits per heavy atom.